The third-order valence-corrected chi connectivity index (χ3v) is 4.27. The Morgan fingerprint density at radius 1 is 1.37 bits per heavy atom. The zero-order valence-electron chi connectivity index (χ0n) is 11.8. The highest BCUT2D eigenvalue weighted by molar-refractivity contribution is 5.95. The minimum Gasteiger partial charge on any atom is -0.315 e. The predicted molar refractivity (Wildman–Crippen MR) is 75.7 cm³/mol. The van der Waals surface area contributed by atoms with Crippen molar-refractivity contribution >= 4 is 11.6 Å². The van der Waals surface area contributed by atoms with Gasteiger partial charge in [-0.3, -0.25) is 4.79 Å². The maximum absolute atomic E-state index is 12.6. The van der Waals surface area contributed by atoms with Crippen LogP contribution in [0.1, 0.15) is 38.7 Å². The van der Waals surface area contributed by atoms with E-state index in [1.54, 1.807) is 17.0 Å². The van der Waals surface area contributed by atoms with Gasteiger partial charge in [0.2, 0.25) is 5.91 Å². The lowest BCUT2D eigenvalue weighted by Gasteiger charge is -2.30. The molecule has 1 aliphatic carbocycles. The number of benzene rings is 1. The van der Waals surface area contributed by atoms with Crippen LogP contribution in [0.5, 0.6) is 0 Å². The fourth-order valence-corrected chi connectivity index (χ4v) is 2.91. The molecular formula is C16H20N2O. The SMILES string of the molecule is CN(C(=O)C1CCCC1(C)C)c1ccc(C#N)cc1. The van der Waals surface area contributed by atoms with Gasteiger partial charge in [0.1, 0.15) is 0 Å². The van der Waals surface area contributed by atoms with Crippen molar-refractivity contribution in [2.75, 3.05) is 11.9 Å². The summed E-state index contributed by atoms with van der Waals surface area (Å²) in [6.45, 7) is 4.35. The highest BCUT2D eigenvalue weighted by Gasteiger charge is 2.40. The van der Waals surface area contributed by atoms with Crippen LogP contribution >= 0.6 is 0 Å². The predicted octanol–water partition coefficient (Wildman–Crippen LogP) is 3.35. The van der Waals surface area contributed by atoms with Gasteiger partial charge >= 0.3 is 0 Å². The van der Waals surface area contributed by atoms with Crippen LogP contribution in [-0.4, -0.2) is 13.0 Å². The fraction of sp³-hybridized carbons (Fsp3) is 0.500. The molecule has 1 fully saturated rings. The van der Waals surface area contributed by atoms with Crippen LogP contribution in [0.25, 0.3) is 0 Å². The van der Waals surface area contributed by atoms with E-state index in [-0.39, 0.29) is 17.2 Å². The van der Waals surface area contributed by atoms with Crippen LogP contribution in [0.4, 0.5) is 5.69 Å². The molecule has 3 heteroatoms. The Hall–Kier alpha value is -1.82. The van der Waals surface area contributed by atoms with Gasteiger partial charge in [-0.25, -0.2) is 0 Å². The number of rotatable bonds is 2. The zero-order valence-corrected chi connectivity index (χ0v) is 11.8. The minimum absolute atomic E-state index is 0.0952. The standard InChI is InChI=1S/C16H20N2O/c1-16(2)10-4-5-14(16)15(19)18(3)13-8-6-12(11-17)7-9-13/h6-9,14H,4-5,10H2,1-3H3. The first-order chi connectivity index (χ1) is 8.95. The van der Waals surface area contributed by atoms with E-state index in [1.165, 1.54) is 0 Å². The summed E-state index contributed by atoms with van der Waals surface area (Å²) >= 11 is 0. The van der Waals surface area contributed by atoms with E-state index in [4.69, 9.17) is 5.26 Å². The maximum atomic E-state index is 12.6. The first kappa shape index (κ1) is 13.6. The number of carbonyl (C=O) groups is 1. The summed E-state index contributed by atoms with van der Waals surface area (Å²) in [6.07, 6.45) is 3.22. The lowest BCUT2D eigenvalue weighted by Crippen LogP contribution is -2.37. The molecule has 1 aliphatic rings. The number of amides is 1. The van der Waals surface area contributed by atoms with Crippen LogP contribution in [0.3, 0.4) is 0 Å². The molecule has 0 spiro atoms. The molecule has 0 heterocycles. The van der Waals surface area contributed by atoms with Gasteiger partial charge in [0.05, 0.1) is 11.6 Å². The number of carbonyl (C=O) groups excluding carboxylic acids is 1. The molecular weight excluding hydrogens is 236 g/mol. The van der Waals surface area contributed by atoms with E-state index in [2.05, 4.69) is 19.9 Å². The van der Waals surface area contributed by atoms with Crippen molar-refractivity contribution in [3.8, 4) is 6.07 Å². The molecule has 100 valence electrons. The third kappa shape index (κ3) is 2.63. The van der Waals surface area contributed by atoms with Crippen LogP contribution in [0.2, 0.25) is 0 Å². The van der Waals surface area contributed by atoms with Gasteiger partial charge in [0.15, 0.2) is 0 Å². The van der Waals surface area contributed by atoms with Crippen LogP contribution in [-0.2, 0) is 4.79 Å². The van der Waals surface area contributed by atoms with Crippen molar-refractivity contribution in [3.63, 3.8) is 0 Å². The lowest BCUT2D eigenvalue weighted by molar-refractivity contribution is -0.124. The van der Waals surface area contributed by atoms with Gasteiger partial charge in [-0.1, -0.05) is 20.3 Å². The van der Waals surface area contributed by atoms with Crippen LogP contribution < -0.4 is 4.90 Å². The molecule has 0 bridgehead atoms. The third-order valence-electron chi connectivity index (χ3n) is 4.27. The summed E-state index contributed by atoms with van der Waals surface area (Å²) in [5, 5.41) is 8.79. The highest BCUT2D eigenvalue weighted by atomic mass is 16.2. The largest absolute Gasteiger partial charge is 0.315 e. The second kappa shape index (κ2) is 5.05. The van der Waals surface area contributed by atoms with Gasteiger partial charge in [-0.2, -0.15) is 5.26 Å². The molecule has 0 saturated heterocycles. The van der Waals surface area contributed by atoms with Crippen molar-refractivity contribution in [2.45, 2.75) is 33.1 Å². The summed E-state index contributed by atoms with van der Waals surface area (Å²) in [4.78, 5) is 14.3. The van der Waals surface area contributed by atoms with Gasteiger partial charge in [0, 0.05) is 18.7 Å². The molecule has 1 atom stereocenters. The Morgan fingerprint density at radius 3 is 2.47 bits per heavy atom. The maximum Gasteiger partial charge on any atom is 0.230 e. The Morgan fingerprint density at radius 2 is 2.00 bits per heavy atom. The molecule has 19 heavy (non-hydrogen) atoms. The normalized spacial score (nSPS) is 20.8. The van der Waals surface area contributed by atoms with E-state index >= 15 is 0 Å². The second-order valence-corrected chi connectivity index (χ2v) is 5.99. The number of nitrogens with zero attached hydrogens (tertiary/aromatic N) is 2. The molecule has 0 radical (unpaired) electrons. The molecule has 0 aliphatic heterocycles. The average Bonchev–Trinajstić information content (AvgIpc) is 2.77. The number of hydrogen-bond acceptors (Lipinski definition) is 2. The first-order valence-electron chi connectivity index (χ1n) is 6.73. The van der Waals surface area contributed by atoms with E-state index in [1.807, 2.05) is 19.2 Å². The van der Waals surface area contributed by atoms with Gasteiger partial charge < -0.3 is 4.90 Å². The van der Waals surface area contributed by atoms with Crippen molar-refractivity contribution < 1.29 is 4.79 Å². The summed E-state index contributed by atoms with van der Waals surface area (Å²) in [7, 11) is 1.82. The summed E-state index contributed by atoms with van der Waals surface area (Å²) < 4.78 is 0. The molecule has 1 aromatic carbocycles. The highest BCUT2D eigenvalue weighted by Crippen LogP contribution is 2.43. The van der Waals surface area contributed by atoms with E-state index in [0.717, 1.165) is 24.9 Å². The summed E-state index contributed by atoms with van der Waals surface area (Å²) in [6, 6.07) is 9.25. The summed E-state index contributed by atoms with van der Waals surface area (Å²) in [5.41, 5.74) is 1.57. The molecule has 2 rings (SSSR count). The molecule has 1 amide bonds. The molecule has 0 aromatic heterocycles. The van der Waals surface area contributed by atoms with Crippen molar-refractivity contribution in [3.05, 3.63) is 29.8 Å². The molecule has 3 nitrogen and oxygen atoms in total. The first-order valence-corrected chi connectivity index (χ1v) is 6.73. The lowest BCUT2D eigenvalue weighted by atomic mass is 9.81. The number of hydrogen-bond donors (Lipinski definition) is 0. The second-order valence-electron chi connectivity index (χ2n) is 5.99. The molecule has 1 unspecified atom stereocenters. The average molecular weight is 256 g/mol. The van der Waals surface area contributed by atoms with Crippen LogP contribution in [0, 0.1) is 22.7 Å². The van der Waals surface area contributed by atoms with Crippen molar-refractivity contribution in [2.24, 2.45) is 11.3 Å². The van der Waals surface area contributed by atoms with Crippen molar-refractivity contribution in [1.29, 1.82) is 5.26 Å². The van der Waals surface area contributed by atoms with Gasteiger partial charge in [0.25, 0.3) is 0 Å². The van der Waals surface area contributed by atoms with E-state index in [0.29, 0.717) is 5.56 Å². The zero-order chi connectivity index (χ0) is 14.0. The topological polar surface area (TPSA) is 44.1 Å². The van der Waals surface area contributed by atoms with Gasteiger partial charge in [-0.15, -0.1) is 0 Å². The quantitative estimate of drug-likeness (QED) is 0.814. The monoisotopic (exact) mass is 256 g/mol. The molecule has 1 aromatic rings. The van der Waals surface area contributed by atoms with Gasteiger partial charge in [-0.05, 0) is 42.5 Å². The Kier molecular flexibility index (Phi) is 3.61. The molecule has 1 saturated carbocycles. The smallest absolute Gasteiger partial charge is 0.230 e. The Bertz CT molecular complexity index is 511. The Labute approximate surface area is 114 Å². The minimum atomic E-state index is 0.0952. The van der Waals surface area contributed by atoms with Crippen molar-refractivity contribution in [1.82, 2.24) is 0 Å². The Balaban J connectivity index is 2.17. The number of anilines is 1. The van der Waals surface area contributed by atoms with E-state index < -0.39 is 0 Å². The van der Waals surface area contributed by atoms with Crippen LogP contribution in [0.15, 0.2) is 24.3 Å². The summed E-state index contributed by atoms with van der Waals surface area (Å²) in [5.74, 6) is 0.292. The fourth-order valence-electron chi connectivity index (χ4n) is 2.91. The number of nitriles is 1. The molecule has 0 N–H and O–H groups in total. The van der Waals surface area contributed by atoms with E-state index in [9.17, 15) is 4.79 Å².